The maximum Gasteiger partial charge on any atom is 0.303 e. The Bertz CT molecular complexity index is 807. The normalized spacial score (nSPS) is 11.4. The van der Waals surface area contributed by atoms with E-state index in [0.29, 0.717) is 17.9 Å². The molecule has 0 bridgehead atoms. The lowest BCUT2D eigenvalue weighted by atomic mass is 10.1. The zero-order valence-corrected chi connectivity index (χ0v) is 14.0. The number of anilines is 1. The van der Waals surface area contributed by atoms with Gasteiger partial charge in [0.2, 0.25) is 0 Å². The molecule has 0 amide bonds. The Morgan fingerprint density at radius 3 is 2.65 bits per heavy atom. The zero-order chi connectivity index (χ0) is 17.2. The van der Waals surface area contributed by atoms with Crippen molar-refractivity contribution in [3.63, 3.8) is 0 Å². The molecule has 0 atom stereocenters. The predicted molar refractivity (Wildman–Crippen MR) is 85.9 cm³/mol. The summed E-state index contributed by atoms with van der Waals surface area (Å²) in [6.45, 7) is 1.73. The fraction of sp³-hybridized carbons (Fsp3) is 0.333. The molecule has 0 radical (unpaired) electrons. The quantitative estimate of drug-likeness (QED) is 0.864. The molecule has 2 rings (SSSR count). The number of hydrogen-bond donors (Lipinski definition) is 1. The number of carbonyl (C=O) groups is 1. The standard InChI is InChI=1S/C15H19N3O4S/c1-11-16-14(10-17(11)2)23(21,22)18(3)13-6-4-5-12(9-13)7-8-15(19)20/h4-6,9-10H,7-8H2,1-3H3,(H,19,20). The van der Waals surface area contributed by atoms with E-state index in [9.17, 15) is 13.2 Å². The second-order valence-electron chi connectivity index (χ2n) is 5.27. The van der Waals surface area contributed by atoms with Gasteiger partial charge >= 0.3 is 5.97 Å². The Labute approximate surface area is 135 Å². The highest BCUT2D eigenvalue weighted by atomic mass is 32.2. The number of sulfonamides is 1. The van der Waals surface area contributed by atoms with Crippen LogP contribution in [0.25, 0.3) is 0 Å². The number of nitrogens with zero attached hydrogens (tertiary/aromatic N) is 3. The summed E-state index contributed by atoms with van der Waals surface area (Å²) in [6, 6.07) is 6.83. The zero-order valence-electron chi connectivity index (χ0n) is 13.2. The van der Waals surface area contributed by atoms with Gasteiger partial charge in [-0.05, 0) is 31.0 Å². The van der Waals surface area contributed by atoms with E-state index in [4.69, 9.17) is 5.11 Å². The van der Waals surface area contributed by atoms with Crippen molar-refractivity contribution in [2.75, 3.05) is 11.4 Å². The number of carboxylic acid groups (broad SMARTS) is 1. The molecule has 23 heavy (non-hydrogen) atoms. The van der Waals surface area contributed by atoms with E-state index >= 15 is 0 Å². The molecular weight excluding hydrogens is 318 g/mol. The van der Waals surface area contributed by atoms with Gasteiger partial charge < -0.3 is 9.67 Å². The van der Waals surface area contributed by atoms with E-state index in [0.717, 1.165) is 9.87 Å². The van der Waals surface area contributed by atoms with E-state index in [1.165, 1.54) is 13.2 Å². The van der Waals surface area contributed by atoms with Crippen molar-refractivity contribution >= 4 is 21.7 Å². The number of aromatic nitrogens is 2. The Morgan fingerprint density at radius 2 is 2.09 bits per heavy atom. The summed E-state index contributed by atoms with van der Waals surface area (Å²) in [4.78, 5) is 14.7. The van der Waals surface area contributed by atoms with Crippen molar-refractivity contribution in [3.8, 4) is 0 Å². The van der Waals surface area contributed by atoms with Gasteiger partial charge in [-0.25, -0.2) is 4.98 Å². The van der Waals surface area contributed by atoms with E-state index in [1.807, 2.05) is 0 Å². The highest BCUT2D eigenvalue weighted by Gasteiger charge is 2.24. The van der Waals surface area contributed by atoms with Crippen molar-refractivity contribution in [3.05, 3.63) is 41.9 Å². The van der Waals surface area contributed by atoms with Crippen LogP contribution in [0.15, 0.2) is 35.5 Å². The number of hydrogen-bond acceptors (Lipinski definition) is 4. The molecule has 2 aromatic rings. The molecule has 124 valence electrons. The lowest BCUT2D eigenvalue weighted by Crippen LogP contribution is -2.27. The minimum Gasteiger partial charge on any atom is -0.481 e. The number of aryl methyl sites for hydroxylation is 3. The molecule has 7 nitrogen and oxygen atoms in total. The molecule has 0 saturated carbocycles. The molecule has 1 N–H and O–H groups in total. The lowest BCUT2D eigenvalue weighted by molar-refractivity contribution is -0.136. The van der Waals surface area contributed by atoms with Gasteiger partial charge in [-0.3, -0.25) is 9.10 Å². The first-order valence-electron chi connectivity index (χ1n) is 7.01. The largest absolute Gasteiger partial charge is 0.481 e. The van der Waals surface area contributed by atoms with Crippen LogP contribution in [0.1, 0.15) is 17.8 Å². The van der Waals surface area contributed by atoms with Crippen molar-refractivity contribution in [2.45, 2.75) is 24.8 Å². The molecule has 0 aliphatic rings. The fourth-order valence-corrected chi connectivity index (χ4v) is 3.30. The molecule has 8 heteroatoms. The van der Waals surface area contributed by atoms with Crippen molar-refractivity contribution in [1.82, 2.24) is 9.55 Å². The average molecular weight is 337 g/mol. The smallest absolute Gasteiger partial charge is 0.303 e. The van der Waals surface area contributed by atoms with E-state index in [1.54, 1.807) is 42.8 Å². The Balaban J connectivity index is 2.30. The van der Waals surface area contributed by atoms with Gasteiger partial charge in [0.15, 0.2) is 5.03 Å². The van der Waals surface area contributed by atoms with Gasteiger partial charge in [0.1, 0.15) is 5.82 Å². The van der Waals surface area contributed by atoms with Crippen molar-refractivity contribution in [1.29, 1.82) is 0 Å². The highest BCUT2D eigenvalue weighted by Crippen LogP contribution is 2.23. The summed E-state index contributed by atoms with van der Waals surface area (Å²) in [7, 11) is -0.573. The monoisotopic (exact) mass is 337 g/mol. The summed E-state index contributed by atoms with van der Waals surface area (Å²) in [5.41, 5.74) is 1.24. The van der Waals surface area contributed by atoms with Crippen LogP contribution in [0.3, 0.4) is 0 Å². The molecule has 0 saturated heterocycles. The van der Waals surface area contributed by atoms with Crippen LogP contribution in [-0.2, 0) is 28.3 Å². The van der Waals surface area contributed by atoms with Crippen LogP contribution in [0.2, 0.25) is 0 Å². The van der Waals surface area contributed by atoms with Gasteiger partial charge in [-0.2, -0.15) is 8.42 Å². The van der Waals surface area contributed by atoms with Crippen molar-refractivity contribution < 1.29 is 18.3 Å². The van der Waals surface area contributed by atoms with Gasteiger partial charge in [-0.15, -0.1) is 0 Å². The molecule has 1 heterocycles. The molecule has 1 aromatic heterocycles. The highest BCUT2D eigenvalue weighted by molar-refractivity contribution is 7.92. The number of imidazole rings is 1. The van der Waals surface area contributed by atoms with Gasteiger partial charge in [0.05, 0.1) is 5.69 Å². The third kappa shape index (κ3) is 3.70. The molecule has 0 aliphatic carbocycles. The lowest BCUT2D eigenvalue weighted by Gasteiger charge is -2.18. The van der Waals surface area contributed by atoms with Crippen LogP contribution in [0.4, 0.5) is 5.69 Å². The maximum absolute atomic E-state index is 12.6. The van der Waals surface area contributed by atoms with Crippen LogP contribution in [0.5, 0.6) is 0 Å². The SMILES string of the molecule is Cc1nc(S(=O)(=O)N(C)c2cccc(CCC(=O)O)c2)cn1C. The maximum atomic E-state index is 12.6. The van der Waals surface area contributed by atoms with Gasteiger partial charge in [0.25, 0.3) is 10.0 Å². The topological polar surface area (TPSA) is 92.5 Å². The molecular formula is C15H19N3O4S. The summed E-state index contributed by atoms with van der Waals surface area (Å²) in [5.74, 6) is -0.285. The van der Waals surface area contributed by atoms with Crippen LogP contribution in [-0.4, -0.2) is 36.1 Å². The summed E-state index contributed by atoms with van der Waals surface area (Å²) >= 11 is 0. The number of carboxylic acids is 1. The minimum atomic E-state index is -3.76. The predicted octanol–water partition coefficient (Wildman–Crippen LogP) is 1.57. The second-order valence-corrected chi connectivity index (χ2v) is 7.19. The molecule has 0 fully saturated rings. The average Bonchev–Trinajstić information content (AvgIpc) is 2.85. The van der Waals surface area contributed by atoms with E-state index in [2.05, 4.69) is 4.98 Å². The first-order valence-corrected chi connectivity index (χ1v) is 8.45. The summed E-state index contributed by atoms with van der Waals surface area (Å²) in [5, 5.41) is 8.72. The van der Waals surface area contributed by atoms with Crippen LogP contribution >= 0.6 is 0 Å². The van der Waals surface area contributed by atoms with Gasteiger partial charge in [0, 0.05) is 26.7 Å². The fourth-order valence-electron chi connectivity index (χ4n) is 2.09. The summed E-state index contributed by atoms with van der Waals surface area (Å²) < 4.78 is 28.1. The second kappa shape index (κ2) is 6.41. The van der Waals surface area contributed by atoms with E-state index < -0.39 is 16.0 Å². The molecule has 0 aliphatic heterocycles. The third-order valence-electron chi connectivity index (χ3n) is 3.61. The first kappa shape index (κ1) is 17.0. The first-order chi connectivity index (χ1) is 10.7. The van der Waals surface area contributed by atoms with Crippen molar-refractivity contribution in [2.24, 2.45) is 7.05 Å². The number of aliphatic carboxylic acids is 1. The van der Waals surface area contributed by atoms with E-state index in [-0.39, 0.29) is 11.4 Å². The Morgan fingerprint density at radius 1 is 1.39 bits per heavy atom. The molecule has 0 unspecified atom stereocenters. The Kier molecular flexibility index (Phi) is 4.74. The summed E-state index contributed by atoms with van der Waals surface area (Å²) in [6.07, 6.45) is 1.81. The minimum absolute atomic E-state index is 0.000642. The molecule has 0 spiro atoms. The van der Waals surface area contributed by atoms with Crippen LogP contribution in [0, 0.1) is 6.92 Å². The number of rotatable bonds is 6. The van der Waals surface area contributed by atoms with Gasteiger partial charge in [-0.1, -0.05) is 12.1 Å². The van der Waals surface area contributed by atoms with Crippen LogP contribution < -0.4 is 4.31 Å². The number of benzene rings is 1. The third-order valence-corrected chi connectivity index (χ3v) is 5.27. The molecule has 1 aromatic carbocycles. The Hall–Kier alpha value is -2.35.